The van der Waals surface area contributed by atoms with E-state index in [0.29, 0.717) is 15.7 Å². The lowest BCUT2D eigenvalue weighted by molar-refractivity contribution is -0.122. The smallest absolute Gasteiger partial charge is 0.318 e. The summed E-state index contributed by atoms with van der Waals surface area (Å²) in [5.41, 5.74) is 3.20. The molecule has 1 saturated heterocycles. The molecule has 1 aromatic heterocycles. The number of carbonyl (C=O) groups excluding carboxylic acids is 3. The van der Waals surface area contributed by atoms with E-state index in [4.69, 9.17) is 0 Å². The number of hydrogen-bond donors (Lipinski definition) is 1. The number of urea groups is 1. The summed E-state index contributed by atoms with van der Waals surface area (Å²) in [6.45, 7) is 3.71. The highest BCUT2D eigenvalue weighted by Crippen LogP contribution is 2.27. The summed E-state index contributed by atoms with van der Waals surface area (Å²) < 4.78 is 15.9. The highest BCUT2D eigenvalue weighted by molar-refractivity contribution is 9.10. The Morgan fingerprint density at radius 2 is 1.68 bits per heavy atom. The van der Waals surface area contributed by atoms with E-state index < -0.39 is 17.8 Å². The van der Waals surface area contributed by atoms with E-state index in [1.807, 2.05) is 24.5 Å². The van der Waals surface area contributed by atoms with Crippen LogP contribution in [0, 0.1) is 19.7 Å². The van der Waals surface area contributed by atoms with Crippen molar-refractivity contribution in [2.24, 2.45) is 0 Å². The van der Waals surface area contributed by atoms with Crippen molar-refractivity contribution in [2.75, 3.05) is 4.90 Å². The molecule has 4 amide bonds. The summed E-state index contributed by atoms with van der Waals surface area (Å²) >= 11 is 3.32. The van der Waals surface area contributed by atoms with Crippen molar-refractivity contribution >= 4 is 45.5 Å². The molecule has 0 spiro atoms. The van der Waals surface area contributed by atoms with Gasteiger partial charge in [0.15, 0.2) is 0 Å². The van der Waals surface area contributed by atoms with Crippen LogP contribution in [0.2, 0.25) is 0 Å². The third kappa shape index (κ3) is 3.82. The largest absolute Gasteiger partial charge is 0.335 e. The molecule has 2 aromatic carbocycles. The van der Waals surface area contributed by atoms with Crippen LogP contribution >= 0.6 is 15.9 Å². The van der Waals surface area contributed by atoms with Crippen LogP contribution < -0.4 is 10.2 Å². The Bertz CT molecular complexity index is 1260. The fraction of sp³-hybridized carbons (Fsp3) is 0.0870. The van der Waals surface area contributed by atoms with E-state index in [-0.39, 0.29) is 11.4 Å². The Balaban J connectivity index is 1.76. The maximum Gasteiger partial charge on any atom is 0.335 e. The number of carbonyl (C=O) groups is 3. The number of aryl methyl sites for hydroxylation is 1. The van der Waals surface area contributed by atoms with Crippen LogP contribution in [0.25, 0.3) is 11.8 Å². The van der Waals surface area contributed by atoms with E-state index in [2.05, 4.69) is 21.2 Å². The summed E-state index contributed by atoms with van der Waals surface area (Å²) in [6, 6.07) is 13.7. The summed E-state index contributed by atoms with van der Waals surface area (Å²) in [4.78, 5) is 38.8. The highest BCUT2D eigenvalue weighted by Gasteiger charge is 2.37. The maximum absolute atomic E-state index is 13.3. The van der Waals surface area contributed by atoms with Gasteiger partial charge in [-0.05, 0) is 74.0 Å². The monoisotopic (exact) mass is 481 g/mol. The molecule has 3 aromatic rings. The molecule has 0 unspecified atom stereocenters. The lowest BCUT2D eigenvalue weighted by Gasteiger charge is -2.26. The summed E-state index contributed by atoms with van der Waals surface area (Å²) in [7, 11) is 0. The van der Waals surface area contributed by atoms with Gasteiger partial charge in [-0.2, -0.15) is 0 Å². The number of barbiturate groups is 1. The van der Waals surface area contributed by atoms with Gasteiger partial charge in [-0.25, -0.2) is 14.1 Å². The molecule has 0 atom stereocenters. The van der Waals surface area contributed by atoms with Crippen LogP contribution in [0.5, 0.6) is 0 Å². The van der Waals surface area contributed by atoms with Crippen LogP contribution in [-0.4, -0.2) is 22.4 Å². The Kier molecular flexibility index (Phi) is 5.32. The molecule has 6 nitrogen and oxygen atoms in total. The van der Waals surface area contributed by atoms with Gasteiger partial charge in [0.05, 0.1) is 5.69 Å². The third-order valence-electron chi connectivity index (χ3n) is 5.02. The number of halogens is 2. The molecular weight excluding hydrogens is 465 g/mol. The van der Waals surface area contributed by atoms with Crippen molar-refractivity contribution in [3.8, 4) is 5.69 Å². The van der Waals surface area contributed by atoms with Gasteiger partial charge in [0.25, 0.3) is 11.8 Å². The second kappa shape index (κ2) is 7.96. The first-order valence-electron chi connectivity index (χ1n) is 9.38. The fourth-order valence-corrected chi connectivity index (χ4v) is 3.97. The summed E-state index contributed by atoms with van der Waals surface area (Å²) in [6.07, 6.45) is 1.47. The van der Waals surface area contributed by atoms with Gasteiger partial charge in [-0.1, -0.05) is 22.0 Å². The minimum absolute atomic E-state index is 0.154. The number of aromatic nitrogens is 1. The minimum atomic E-state index is -0.804. The molecular formula is C23H17BrFN3O3. The van der Waals surface area contributed by atoms with Gasteiger partial charge in [0.1, 0.15) is 11.4 Å². The second-order valence-electron chi connectivity index (χ2n) is 7.08. The minimum Gasteiger partial charge on any atom is -0.318 e. The molecule has 2 heterocycles. The van der Waals surface area contributed by atoms with Gasteiger partial charge in [0.2, 0.25) is 0 Å². The first kappa shape index (κ1) is 20.7. The predicted octanol–water partition coefficient (Wildman–Crippen LogP) is 4.66. The number of rotatable bonds is 3. The first-order valence-corrected chi connectivity index (χ1v) is 10.2. The zero-order valence-corrected chi connectivity index (χ0v) is 18.2. The summed E-state index contributed by atoms with van der Waals surface area (Å²) in [5, 5.41) is 2.22. The Morgan fingerprint density at radius 3 is 2.35 bits per heavy atom. The summed E-state index contributed by atoms with van der Waals surface area (Å²) in [5.74, 6) is -1.80. The number of benzene rings is 2. The predicted molar refractivity (Wildman–Crippen MR) is 118 cm³/mol. The average Bonchev–Trinajstić information content (AvgIpc) is 2.99. The highest BCUT2D eigenvalue weighted by atomic mass is 79.9. The van der Waals surface area contributed by atoms with Crippen LogP contribution in [-0.2, 0) is 9.59 Å². The molecule has 1 aliphatic rings. The number of nitrogens with one attached hydrogen (secondary N) is 1. The first-order chi connectivity index (χ1) is 14.8. The maximum atomic E-state index is 13.3. The molecule has 0 bridgehead atoms. The molecule has 8 heteroatoms. The molecule has 1 aliphatic heterocycles. The van der Waals surface area contributed by atoms with Crippen molar-refractivity contribution in [3.05, 3.63) is 87.4 Å². The number of hydrogen-bond acceptors (Lipinski definition) is 3. The molecule has 0 saturated carbocycles. The van der Waals surface area contributed by atoms with E-state index in [9.17, 15) is 18.8 Å². The van der Waals surface area contributed by atoms with Crippen LogP contribution in [0.1, 0.15) is 17.0 Å². The van der Waals surface area contributed by atoms with Crippen LogP contribution in [0.3, 0.4) is 0 Å². The number of amides is 4. The second-order valence-corrected chi connectivity index (χ2v) is 7.99. The average molecular weight is 482 g/mol. The Morgan fingerprint density at radius 1 is 0.968 bits per heavy atom. The lowest BCUT2D eigenvalue weighted by Crippen LogP contribution is -2.54. The zero-order valence-electron chi connectivity index (χ0n) is 16.6. The Hall–Kier alpha value is -3.52. The van der Waals surface area contributed by atoms with Crippen LogP contribution in [0.4, 0.5) is 14.9 Å². The zero-order chi connectivity index (χ0) is 22.3. The van der Waals surface area contributed by atoms with Gasteiger partial charge in [-0.3, -0.25) is 14.9 Å². The van der Waals surface area contributed by atoms with E-state index in [1.54, 1.807) is 36.4 Å². The quantitative estimate of drug-likeness (QED) is 0.436. The van der Waals surface area contributed by atoms with Gasteiger partial charge in [-0.15, -0.1) is 0 Å². The van der Waals surface area contributed by atoms with Gasteiger partial charge < -0.3 is 4.57 Å². The van der Waals surface area contributed by atoms with Crippen molar-refractivity contribution in [2.45, 2.75) is 13.8 Å². The number of imide groups is 2. The molecule has 31 heavy (non-hydrogen) atoms. The lowest BCUT2D eigenvalue weighted by atomic mass is 10.1. The van der Waals surface area contributed by atoms with Crippen molar-refractivity contribution in [1.82, 2.24) is 9.88 Å². The van der Waals surface area contributed by atoms with Crippen molar-refractivity contribution < 1.29 is 18.8 Å². The molecule has 0 aliphatic carbocycles. The molecule has 1 fully saturated rings. The topological polar surface area (TPSA) is 71.4 Å². The van der Waals surface area contributed by atoms with Crippen molar-refractivity contribution in [1.29, 1.82) is 0 Å². The Labute approximate surface area is 186 Å². The third-order valence-corrected chi connectivity index (χ3v) is 5.52. The molecule has 156 valence electrons. The van der Waals surface area contributed by atoms with E-state index in [1.165, 1.54) is 18.2 Å². The molecule has 0 radical (unpaired) electrons. The standard InChI is InChI=1S/C23H17BrFN3O3/c1-13-10-15(14(2)27(13)18-8-6-17(25)7-9-18)11-20-21(29)26-23(31)28(22(20)30)19-5-3-4-16(24)12-19/h3-12H,1-2H3,(H,26,29,31)/b20-11+. The number of anilines is 1. The fourth-order valence-electron chi connectivity index (χ4n) is 3.58. The van der Waals surface area contributed by atoms with Gasteiger partial charge >= 0.3 is 6.03 Å². The normalized spacial score (nSPS) is 15.5. The molecule has 4 rings (SSSR count). The van der Waals surface area contributed by atoms with Crippen molar-refractivity contribution in [3.63, 3.8) is 0 Å². The SMILES string of the molecule is Cc1cc(/C=C2\C(=O)NC(=O)N(c3cccc(Br)c3)C2=O)c(C)n1-c1ccc(F)cc1. The number of nitrogens with zero attached hydrogens (tertiary/aromatic N) is 2. The van der Waals surface area contributed by atoms with E-state index >= 15 is 0 Å². The van der Waals surface area contributed by atoms with Gasteiger partial charge in [0, 0.05) is 21.5 Å². The van der Waals surface area contributed by atoms with Crippen LogP contribution in [0.15, 0.2) is 64.6 Å². The molecule has 1 N–H and O–H groups in total. The van der Waals surface area contributed by atoms with E-state index in [0.717, 1.165) is 22.0 Å².